The van der Waals surface area contributed by atoms with Crippen molar-refractivity contribution in [2.75, 3.05) is 24.5 Å². The van der Waals surface area contributed by atoms with E-state index in [0.717, 1.165) is 28.3 Å². The normalized spacial score (nSPS) is 11.9. The molecule has 0 bridgehead atoms. The van der Waals surface area contributed by atoms with Crippen LogP contribution in [0.2, 0.25) is 0 Å². The Balaban J connectivity index is 2.00. The molecule has 0 spiro atoms. The number of carbonyl (C=O) groups is 2. The van der Waals surface area contributed by atoms with Gasteiger partial charge in [-0.15, -0.1) is 0 Å². The smallest absolute Gasteiger partial charge is 0.264 e. The minimum Gasteiger partial charge on any atom is -0.497 e. The summed E-state index contributed by atoms with van der Waals surface area (Å²) in [4.78, 5) is 28.4. The van der Waals surface area contributed by atoms with Crippen LogP contribution in [-0.2, 0) is 26.2 Å². The molecule has 0 saturated carbocycles. The molecule has 0 aliphatic rings. The van der Waals surface area contributed by atoms with Crippen molar-refractivity contribution in [3.63, 3.8) is 0 Å². The van der Waals surface area contributed by atoms with Crippen LogP contribution in [0.4, 0.5) is 5.69 Å². The molecule has 0 radical (unpaired) electrons. The summed E-state index contributed by atoms with van der Waals surface area (Å²) in [7, 11) is -2.63. The van der Waals surface area contributed by atoms with Gasteiger partial charge in [-0.25, -0.2) is 8.42 Å². The van der Waals surface area contributed by atoms with E-state index in [0.29, 0.717) is 12.3 Å². The van der Waals surface area contributed by atoms with E-state index >= 15 is 0 Å². The van der Waals surface area contributed by atoms with Gasteiger partial charge in [0.05, 0.1) is 17.7 Å². The lowest BCUT2D eigenvalue weighted by Crippen LogP contribution is -2.51. The predicted molar refractivity (Wildman–Crippen MR) is 153 cm³/mol. The fourth-order valence-corrected chi connectivity index (χ4v) is 5.45. The van der Waals surface area contributed by atoms with Crippen molar-refractivity contribution < 1.29 is 22.7 Å². The monoisotopic (exact) mass is 551 g/mol. The van der Waals surface area contributed by atoms with E-state index in [9.17, 15) is 18.0 Å². The highest BCUT2D eigenvalue weighted by Gasteiger charge is 2.32. The summed E-state index contributed by atoms with van der Waals surface area (Å²) in [6, 6.07) is 21.4. The topological polar surface area (TPSA) is 96.0 Å². The van der Waals surface area contributed by atoms with Gasteiger partial charge < -0.3 is 15.0 Å². The zero-order valence-corrected chi connectivity index (χ0v) is 23.8. The number of nitrogens with zero attached hydrogens (tertiary/aromatic N) is 2. The van der Waals surface area contributed by atoms with E-state index < -0.39 is 28.5 Å². The summed E-state index contributed by atoms with van der Waals surface area (Å²) in [5.74, 6) is -0.341. The second-order valence-electron chi connectivity index (χ2n) is 9.35. The number of sulfonamides is 1. The van der Waals surface area contributed by atoms with Crippen molar-refractivity contribution in [3.05, 3.63) is 90.0 Å². The number of rotatable bonds is 13. The SMILES string of the molecule is CCCCNC(=O)[C@@H](C)N(Cc1ccc(C)cc1)C(=O)CN(c1cccc(OC)c1)S(=O)(=O)c1ccccc1. The Labute approximate surface area is 231 Å². The first kappa shape index (κ1) is 29.7. The number of methoxy groups -OCH3 is 1. The van der Waals surface area contributed by atoms with Crippen molar-refractivity contribution >= 4 is 27.5 Å². The summed E-state index contributed by atoms with van der Waals surface area (Å²) in [5.41, 5.74) is 2.18. The Bertz CT molecular complexity index is 1340. The molecule has 0 unspecified atom stereocenters. The largest absolute Gasteiger partial charge is 0.497 e. The molecule has 0 saturated heterocycles. The highest BCUT2D eigenvalue weighted by Crippen LogP contribution is 2.27. The molecule has 1 atom stereocenters. The van der Waals surface area contributed by atoms with Crippen LogP contribution < -0.4 is 14.4 Å². The molecule has 0 aliphatic carbocycles. The number of benzene rings is 3. The summed E-state index contributed by atoms with van der Waals surface area (Å²) < 4.78 is 34.0. The molecule has 0 aromatic heterocycles. The Morgan fingerprint density at radius 2 is 1.67 bits per heavy atom. The van der Waals surface area contributed by atoms with Gasteiger partial charge in [-0.1, -0.05) is 67.4 Å². The molecular formula is C30H37N3O5S. The molecule has 39 heavy (non-hydrogen) atoms. The molecule has 9 heteroatoms. The quantitative estimate of drug-likeness (QED) is 0.315. The number of carbonyl (C=O) groups excluding carboxylic acids is 2. The van der Waals surface area contributed by atoms with Gasteiger partial charge in [0.15, 0.2) is 0 Å². The molecule has 1 N–H and O–H groups in total. The summed E-state index contributed by atoms with van der Waals surface area (Å²) in [6.45, 7) is 5.82. The van der Waals surface area contributed by atoms with Crippen molar-refractivity contribution in [1.82, 2.24) is 10.2 Å². The van der Waals surface area contributed by atoms with E-state index in [2.05, 4.69) is 5.32 Å². The van der Waals surface area contributed by atoms with Crippen molar-refractivity contribution in [2.45, 2.75) is 51.1 Å². The van der Waals surface area contributed by atoms with Crippen LogP contribution in [0.15, 0.2) is 83.8 Å². The molecule has 3 aromatic rings. The Morgan fingerprint density at radius 1 is 0.974 bits per heavy atom. The first-order chi connectivity index (χ1) is 18.7. The van der Waals surface area contributed by atoms with Crippen molar-refractivity contribution in [3.8, 4) is 5.75 Å². The summed E-state index contributed by atoms with van der Waals surface area (Å²) in [6.07, 6.45) is 1.75. The van der Waals surface area contributed by atoms with Crippen LogP contribution in [0.5, 0.6) is 5.75 Å². The van der Waals surface area contributed by atoms with Gasteiger partial charge >= 0.3 is 0 Å². The highest BCUT2D eigenvalue weighted by molar-refractivity contribution is 7.92. The molecule has 0 fully saturated rings. The maximum absolute atomic E-state index is 13.9. The lowest BCUT2D eigenvalue weighted by Gasteiger charge is -2.32. The first-order valence-corrected chi connectivity index (χ1v) is 14.5. The lowest BCUT2D eigenvalue weighted by atomic mass is 10.1. The van der Waals surface area contributed by atoms with E-state index in [-0.39, 0.29) is 23.0 Å². The molecular weight excluding hydrogens is 514 g/mol. The standard InChI is InChI=1S/C30H37N3O5S/c1-5-6-19-31-30(35)24(3)32(21-25-17-15-23(2)16-18-25)29(34)22-33(26-11-10-12-27(20-26)38-4)39(36,37)28-13-8-7-9-14-28/h7-18,20,24H,5-6,19,21-22H2,1-4H3,(H,31,35)/t24-/m1/s1. The van der Waals surface area contributed by atoms with Gasteiger partial charge in [-0.05, 0) is 50.1 Å². The van der Waals surface area contributed by atoms with E-state index in [4.69, 9.17) is 4.74 Å². The molecule has 3 aromatic carbocycles. The highest BCUT2D eigenvalue weighted by atomic mass is 32.2. The number of hydrogen-bond acceptors (Lipinski definition) is 5. The maximum atomic E-state index is 13.9. The van der Waals surface area contributed by atoms with Crippen LogP contribution >= 0.6 is 0 Å². The van der Waals surface area contributed by atoms with Gasteiger partial charge in [-0.3, -0.25) is 13.9 Å². The average molecular weight is 552 g/mol. The van der Waals surface area contributed by atoms with Gasteiger partial charge in [0.25, 0.3) is 10.0 Å². The van der Waals surface area contributed by atoms with E-state index in [1.165, 1.54) is 24.1 Å². The number of unbranched alkanes of at least 4 members (excludes halogenated alkanes) is 1. The van der Waals surface area contributed by atoms with Crippen LogP contribution in [0, 0.1) is 6.92 Å². The minimum atomic E-state index is -4.12. The van der Waals surface area contributed by atoms with Gasteiger partial charge in [0.2, 0.25) is 11.8 Å². The predicted octanol–water partition coefficient (Wildman–Crippen LogP) is 4.53. The number of anilines is 1. The maximum Gasteiger partial charge on any atom is 0.264 e. The third-order valence-electron chi connectivity index (χ3n) is 6.42. The molecule has 0 heterocycles. The zero-order valence-electron chi connectivity index (χ0n) is 23.0. The number of aryl methyl sites for hydroxylation is 1. The number of ether oxygens (including phenoxy) is 1. The van der Waals surface area contributed by atoms with Gasteiger partial charge in [-0.2, -0.15) is 0 Å². The first-order valence-electron chi connectivity index (χ1n) is 13.0. The molecule has 208 valence electrons. The van der Waals surface area contributed by atoms with Gasteiger partial charge in [0, 0.05) is 19.2 Å². The Hall–Kier alpha value is -3.85. The van der Waals surface area contributed by atoms with E-state index in [1.807, 2.05) is 38.1 Å². The van der Waals surface area contributed by atoms with Crippen molar-refractivity contribution in [2.24, 2.45) is 0 Å². The van der Waals surface area contributed by atoms with Crippen LogP contribution in [-0.4, -0.2) is 51.4 Å². The van der Waals surface area contributed by atoms with Crippen molar-refractivity contribution in [1.29, 1.82) is 0 Å². The molecule has 0 aliphatic heterocycles. The van der Waals surface area contributed by atoms with E-state index in [1.54, 1.807) is 49.4 Å². The second-order valence-corrected chi connectivity index (χ2v) is 11.2. The third-order valence-corrected chi connectivity index (χ3v) is 8.21. The fraction of sp³-hybridized carbons (Fsp3) is 0.333. The molecule has 3 rings (SSSR count). The Kier molecular flexibility index (Phi) is 10.5. The molecule has 8 nitrogen and oxygen atoms in total. The second kappa shape index (κ2) is 13.8. The summed E-state index contributed by atoms with van der Waals surface area (Å²) in [5, 5.41) is 2.89. The van der Waals surface area contributed by atoms with Crippen LogP contribution in [0.1, 0.15) is 37.8 Å². The molecule has 2 amide bonds. The fourth-order valence-electron chi connectivity index (χ4n) is 4.02. The Morgan fingerprint density at radius 3 is 2.31 bits per heavy atom. The third kappa shape index (κ3) is 7.83. The summed E-state index contributed by atoms with van der Waals surface area (Å²) >= 11 is 0. The van der Waals surface area contributed by atoms with Crippen LogP contribution in [0.25, 0.3) is 0 Å². The zero-order chi connectivity index (χ0) is 28.4. The van der Waals surface area contributed by atoms with Crippen LogP contribution in [0.3, 0.4) is 0 Å². The number of nitrogens with one attached hydrogen (secondary N) is 1. The lowest BCUT2D eigenvalue weighted by molar-refractivity contribution is -0.139. The minimum absolute atomic E-state index is 0.0519. The number of hydrogen-bond donors (Lipinski definition) is 1. The number of amides is 2. The average Bonchev–Trinajstić information content (AvgIpc) is 2.95. The van der Waals surface area contributed by atoms with Gasteiger partial charge in [0.1, 0.15) is 18.3 Å².